The third kappa shape index (κ3) is 5.13. The van der Waals surface area contributed by atoms with Crippen LogP contribution in [0.4, 0.5) is 35.0 Å². The van der Waals surface area contributed by atoms with Crippen molar-refractivity contribution >= 4 is 23.4 Å². The van der Waals surface area contributed by atoms with Gasteiger partial charge in [0.05, 0.1) is 42.4 Å². The van der Waals surface area contributed by atoms with Crippen LogP contribution in [0.3, 0.4) is 0 Å². The fourth-order valence-electron chi connectivity index (χ4n) is 2.47. The highest BCUT2D eigenvalue weighted by atomic mass is 19.4. The zero-order valence-corrected chi connectivity index (χ0v) is 16.0. The lowest BCUT2D eigenvalue weighted by atomic mass is 10.1. The van der Waals surface area contributed by atoms with Crippen molar-refractivity contribution < 1.29 is 42.8 Å². The Bertz CT molecular complexity index is 1260. The van der Waals surface area contributed by atoms with Crippen LogP contribution >= 0.6 is 0 Å². The number of ether oxygens (including phenoxy) is 2. The van der Waals surface area contributed by atoms with Crippen LogP contribution in [0.25, 0.3) is 0 Å². The van der Waals surface area contributed by atoms with E-state index in [0.29, 0.717) is 18.3 Å². The number of methoxy groups -OCH3 is 1. The quantitative estimate of drug-likeness (QED) is 0.652. The van der Waals surface area contributed by atoms with Crippen molar-refractivity contribution in [2.45, 2.75) is 13.1 Å². The summed E-state index contributed by atoms with van der Waals surface area (Å²) in [5.74, 6) is -4.58. The van der Waals surface area contributed by atoms with Crippen molar-refractivity contribution in [1.82, 2.24) is 14.9 Å². The maximum absolute atomic E-state index is 15.2. The minimum Gasteiger partial charge on any atom is -0.495 e. The lowest BCUT2D eigenvalue weighted by Crippen LogP contribution is -2.41. The molecule has 1 aliphatic rings. The molecule has 0 unspecified atom stereocenters. The Hall–Kier alpha value is -3.15. The third-order valence-corrected chi connectivity index (χ3v) is 3.82. The first-order valence-electron chi connectivity index (χ1n) is 12.6. The Morgan fingerprint density at radius 1 is 1.35 bits per heavy atom. The van der Waals surface area contributed by atoms with Gasteiger partial charge in [0.1, 0.15) is 22.9 Å². The van der Waals surface area contributed by atoms with Crippen LogP contribution in [-0.4, -0.2) is 60.5 Å². The predicted molar refractivity (Wildman–Crippen MR) is 104 cm³/mol. The predicted octanol–water partition coefficient (Wildman–Crippen LogP) is 3.29. The average Bonchev–Trinajstić information content (AvgIpc) is 2.77. The van der Waals surface area contributed by atoms with E-state index in [9.17, 15) is 18.0 Å². The van der Waals surface area contributed by atoms with Crippen molar-refractivity contribution in [2.24, 2.45) is 0 Å². The molecule has 1 aromatic carbocycles. The van der Waals surface area contributed by atoms with Crippen molar-refractivity contribution in [1.29, 1.82) is 0 Å². The number of nitrogens with zero attached hydrogens (tertiary/aromatic N) is 3. The van der Waals surface area contributed by atoms with Crippen molar-refractivity contribution in [2.75, 3.05) is 50.4 Å². The van der Waals surface area contributed by atoms with Gasteiger partial charge in [-0.2, -0.15) is 18.2 Å². The molecule has 1 saturated heterocycles. The number of hydrogen-bond acceptors (Lipinski definition) is 7. The first-order valence-corrected chi connectivity index (χ1v) is 8.58. The highest BCUT2D eigenvalue weighted by molar-refractivity contribution is 5.96. The number of morpholine rings is 1. The van der Waals surface area contributed by atoms with Crippen molar-refractivity contribution in [3.05, 3.63) is 35.3 Å². The molecule has 2 heterocycles. The topological polar surface area (TPSA) is 88.6 Å². The normalized spacial score (nSPS) is 24.6. The molecular formula is C19H21F4N5O3. The molecule has 0 radical (unpaired) electrons. The van der Waals surface area contributed by atoms with Gasteiger partial charge in [-0.15, -0.1) is 0 Å². The Labute approximate surface area is 186 Å². The lowest BCUT2D eigenvalue weighted by Gasteiger charge is -2.27. The molecule has 31 heavy (non-hydrogen) atoms. The number of halogens is 4. The molecule has 1 amide bonds. The number of nitrogens with one attached hydrogen (secondary N) is 2. The average molecular weight is 451 g/mol. The lowest BCUT2D eigenvalue weighted by molar-refractivity contribution is -0.137. The zero-order valence-electron chi connectivity index (χ0n) is 24.0. The summed E-state index contributed by atoms with van der Waals surface area (Å²) < 4.78 is 127. The summed E-state index contributed by atoms with van der Waals surface area (Å²) in [6.45, 7) is -12.7. The van der Waals surface area contributed by atoms with E-state index in [2.05, 4.69) is 25.3 Å². The number of amides is 1. The number of benzene rings is 1. The summed E-state index contributed by atoms with van der Waals surface area (Å²) in [6.07, 6.45) is -4.29. The van der Waals surface area contributed by atoms with Gasteiger partial charge >= 0.3 is 6.18 Å². The van der Waals surface area contributed by atoms with Crippen LogP contribution in [0, 0.1) is 5.82 Å². The Kier molecular flexibility index (Phi) is 4.22. The summed E-state index contributed by atoms with van der Waals surface area (Å²) in [6, 6.07) is 1.29. The van der Waals surface area contributed by atoms with Gasteiger partial charge < -0.3 is 25.0 Å². The van der Waals surface area contributed by atoms with Gasteiger partial charge in [0.15, 0.2) is 0 Å². The molecule has 0 atom stereocenters. The van der Waals surface area contributed by atoms with E-state index in [1.54, 1.807) is 0 Å². The number of aromatic nitrogens is 2. The van der Waals surface area contributed by atoms with Crippen LogP contribution in [0.15, 0.2) is 18.3 Å². The third-order valence-electron chi connectivity index (χ3n) is 3.82. The molecule has 0 bridgehead atoms. The standard InChI is InChI=1S/C19H21F4N5O3/c1-3-24-16-12(19(21,22)23)10-25-18(27-16)26-14-9-13(20)11(8-15(14)30-2)17(29)28-4-6-31-7-5-28/h8-10H,3-7H2,1-2H3,(H2,24,25,26,27)/i4D2,5D2,6D2,7D2. The number of hydrogen-bond donors (Lipinski definition) is 2. The monoisotopic (exact) mass is 451 g/mol. The number of carbonyl (C=O) groups excluding carboxylic acids is 1. The van der Waals surface area contributed by atoms with E-state index in [1.165, 1.54) is 6.92 Å². The molecule has 2 N–H and O–H groups in total. The van der Waals surface area contributed by atoms with Gasteiger partial charge in [-0.1, -0.05) is 0 Å². The fraction of sp³-hybridized carbons (Fsp3) is 0.421. The summed E-state index contributed by atoms with van der Waals surface area (Å²) in [5.41, 5.74) is -2.50. The second-order valence-electron chi connectivity index (χ2n) is 5.81. The van der Waals surface area contributed by atoms with Crippen LogP contribution in [0.1, 0.15) is 33.8 Å². The summed E-state index contributed by atoms with van der Waals surface area (Å²) in [4.78, 5) is 20.1. The summed E-state index contributed by atoms with van der Waals surface area (Å²) in [7, 11) is 1.06. The van der Waals surface area contributed by atoms with E-state index in [0.717, 1.165) is 7.11 Å². The van der Waals surface area contributed by atoms with E-state index in [4.69, 9.17) is 15.7 Å². The van der Waals surface area contributed by atoms with Gasteiger partial charge in [0, 0.05) is 31.8 Å². The fourth-order valence-corrected chi connectivity index (χ4v) is 2.47. The maximum Gasteiger partial charge on any atom is 0.421 e. The van der Waals surface area contributed by atoms with E-state index in [-0.39, 0.29) is 18.0 Å². The Morgan fingerprint density at radius 3 is 2.68 bits per heavy atom. The van der Waals surface area contributed by atoms with Crippen molar-refractivity contribution in [3.8, 4) is 5.75 Å². The molecule has 0 saturated carbocycles. The maximum atomic E-state index is 15.2. The molecular weight excluding hydrogens is 422 g/mol. The second-order valence-corrected chi connectivity index (χ2v) is 5.81. The first kappa shape index (κ1) is 14.0. The second kappa shape index (κ2) is 9.33. The number of alkyl halides is 3. The van der Waals surface area contributed by atoms with Gasteiger partial charge in [0.25, 0.3) is 5.91 Å². The minimum atomic E-state index is -4.78. The zero-order chi connectivity index (χ0) is 29.8. The minimum absolute atomic E-state index is 0.0761. The van der Waals surface area contributed by atoms with E-state index < -0.39 is 71.8 Å². The highest BCUT2D eigenvalue weighted by Gasteiger charge is 2.35. The first-order chi connectivity index (χ1) is 17.7. The Morgan fingerprint density at radius 2 is 2.06 bits per heavy atom. The number of anilines is 3. The molecule has 0 spiro atoms. The Balaban J connectivity index is 2.06. The number of rotatable bonds is 6. The molecule has 1 fully saturated rings. The molecule has 12 heteroatoms. The van der Waals surface area contributed by atoms with Crippen LogP contribution in [-0.2, 0) is 10.9 Å². The van der Waals surface area contributed by atoms with Gasteiger partial charge in [-0.25, -0.2) is 9.37 Å². The molecule has 3 rings (SSSR count). The highest BCUT2D eigenvalue weighted by Crippen LogP contribution is 2.35. The van der Waals surface area contributed by atoms with Gasteiger partial charge in [-0.3, -0.25) is 4.79 Å². The summed E-state index contributed by atoms with van der Waals surface area (Å²) in [5, 5.41) is 4.87. The molecule has 1 aromatic heterocycles. The van der Waals surface area contributed by atoms with Gasteiger partial charge in [-0.05, 0) is 13.0 Å². The SMILES string of the molecule is [2H]C1([2H])OC([2H])([2H])C([2H])([2H])N(C(=O)c2cc(OC)c(Nc3ncc(C(F)(F)F)c(NCC)n3)cc2F)C1([2H])[2H]. The van der Waals surface area contributed by atoms with Crippen LogP contribution in [0.2, 0.25) is 0 Å². The molecule has 1 aliphatic heterocycles. The van der Waals surface area contributed by atoms with Crippen LogP contribution in [0.5, 0.6) is 5.75 Å². The smallest absolute Gasteiger partial charge is 0.421 e. The molecule has 8 nitrogen and oxygen atoms in total. The molecule has 0 aliphatic carbocycles. The van der Waals surface area contributed by atoms with E-state index in [1.807, 2.05) is 0 Å². The summed E-state index contributed by atoms with van der Waals surface area (Å²) >= 11 is 0. The largest absolute Gasteiger partial charge is 0.495 e. The van der Waals surface area contributed by atoms with Crippen LogP contribution < -0.4 is 15.4 Å². The number of carbonyl (C=O) groups is 1. The molecule has 2 aromatic rings. The van der Waals surface area contributed by atoms with Crippen molar-refractivity contribution in [3.63, 3.8) is 0 Å². The molecule has 168 valence electrons. The van der Waals surface area contributed by atoms with Gasteiger partial charge in [0.2, 0.25) is 5.95 Å². The van der Waals surface area contributed by atoms with E-state index >= 15 is 4.39 Å².